The molecule has 0 saturated heterocycles. The summed E-state index contributed by atoms with van der Waals surface area (Å²) in [5.74, 6) is -7.18. The van der Waals surface area contributed by atoms with Gasteiger partial charge in [0, 0.05) is 7.05 Å². The molecule has 0 rings (SSSR count). The predicted octanol–water partition coefficient (Wildman–Crippen LogP) is 0.862. The highest BCUT2D eigenvalue weighted by Crippen LogP contribution is 2.35. The zero-order chi connectivity index (χ0) is 9.99. The lowest BCUT2D eigenvalue weighted by atomic mass is 10.3. The van der Waals surface area contributed by atoms with Gasteiger partial charge in [0.2, 0.25) is 0 Å². The first-order valence-corrected chi connectivity index (χ1v) is 2.57. The Hall–Kier alpha value is -0.920. The summed E-state index contributed by atoms with van der Waals surface area (Å²) in [5.41, 5.74) is 0. The second kappa shape index (κ2) is 3.21. The first-order chi connectivity index (χ1) is 5.29. The van der Waals surface area contributed by atoms with Gasteiger partial charge in [-0.1, -0.05) is 0 Å². The number of hydrogen-bond acceptors (Lipinski definition) is 2. The molecule has 12 heavy (non-hydrogen) atoms. The van der Waals surface area contributed by atoms with Crippen LogP contribution in [0.25, 0.3) is 0 Å². The van der Waals surface area contributed by atoms with Crippen LogP contribution in [0.2, 0.25) is 0 Å². The molecule has 1 N–H and O–H groups in total. The first kappa shape index (κ1) is 11.1. The molecule has 0 aromatic carbocycles. The highest BCUT2D eigenvalue weighted by atomic mass is 19.4. The van der Waals surface area contributed by atoms with E-state index in [4.69, 9.17) is 0 Å². The Bertz CT molecular complexity index is 181. The molecule has 0 aliphatic rings. The summed E-state index contributed by atoms with van der Waals surface area (Å²) in [4.78, 5) is 12.1. The molecule has 0 aromatic rings. The van der Waals surface area contributed by atoms with Crippen LogP contribution in [-0.2, 0) is 9.74 Å². The molecule has 0 fully saturated rings. The number of alkyl halides is 4. The van der Waals surface area contributed by atoms with Crippen molar-refractivity contribution in [3.05, 3.63) is 0 Å². The Balaban J connectivity index is 4.80. The summed E-state index contributed by atoms with van der Waals surface area (Å²) in [6.45, 7) is 0. The van der Waals surface area contributed by atoms with Gasteiger partial charge in [-0.3, -0.25) is 4.79 Å². The van der Waals surface area contributed by atoms with Crippen molar-refractivity contribution >= 4 is 5.91 Å². The summed E-state index contributed by atoms with van der Waals surface area (Å²) < 4.78 is 58.0. The Labute approximate surface area is 63.4 Å². The maximum absolute atomic E-state index is 12.3. The topological polar surface area (TPSA) is 38.3 Å². The summed E-state index contributed by atoms with van der Waals surface area (Å²) in [7, 11) is 0.710. The van der Waals surface area contributed by atoms with Crippen LogP contribution in [0.4, 0.5) is 22.1 Å². The van der Waals surface area contributed by atoms with Crippen molar-refractivity contribution in [2.24, 2.45) is 0 Å². The minimum Gasteiger partial charge on any atom is -0.354 e. The smallest absolute Gasteiger partial charge is 0.354 e. The van der Waals surface area contributed by atoms with Gasteiger partial charge in [-0.05, 0) is 4.53 Å². The van der Waals surface area contributed by atoms with Crippen LogP contribution < -0.4 is 5.32 Å². The van der Waals surface area contributed by atoms with E-state index in [1.54, 1.807) is 0 Å². The molecular formula is C4H4F5NO2. The third-order valence-corrected chi connectivity index (χ3v) is 0.990. The van der Waals surface area contributed by atoms with Crippen molar-refractivity contribution < 1.29 is 31.8 Å². The van der Waals surface area contributed by atoms with E-state index in [1.165, 1.54) is 5.32 Å². The first-order valence-electron chi connectivity index (χ1n) is 2.57. The average molecular weight is 193 g/mol. The number of amides is 1. The maximum atomic E-state index is 12.3. The number of hydrogen-bond donors (Lipinski definition) is 1. The van der Waals surface area contributed by atoms with Crippen LogP contribution in [0.5, 0.6) is 0 Å². The van der Waals surface area contributed by atoms with Gasteiger partial charge in [0.25, 0.3) is 5.91 Å². The number of likely N-dealkylation sites (N-methyl/N-ethyl adjacent to an activating group) is 1. The van der Waals surface area contributed by atoms with Crippen molar-refractivity contribution in [1.29, 1.82) is 0 Å². The summed E-state index contributed by atoms with van der Waals surface area (Å²) in [6.07, 6.45) is -5.75. The fourth-order valence-electron chi connectivity index (χ4n) is 0.368. The van der Waals surface area contributed by atoms with Crippen LogP contribution in [0.15, 0.2) is 0 Å². The second-order valence-electron chi connectivity index (χ2n) is 1.75. The third kappa shape index (κ3) is 1.63. The number of carbonyl (C=O) groups is 1. The van der Waals surface area contributed by atoms with Crippen molar-refractivity contribution in [3.8, 4) is 0 Å². The summed E-state index contributed by atoms with van der Waals surface area (Å²) in [5, 5.41) is 1.26. The van der Waals surface area contributed by atoms with Gasteiger partial charge in [-0.2, -0.15) is 17.6 Å². The normalized spacial score (nSPS) is 16.8. The van der Waals surface area contributed by atoms with E-state index in [0.717, 1.165) is 0 Å². The zero-order valence-corrected chi connectivity index (χ0v) is 5.71. The van der Waals surface area contributed by atoms with Crippen molar-refractivity contribution in [2.45, 2.75) is 12.0 Å². The molecule has 8 heteroatoms. The summed E-state index contributed by atoms with van der Waals surface area (Å²) in [6, 6.07) is 0. The van der Waals surface area contributed by atoms with Crippen molar-refractivity contribution in [1.82, 2.24) is 5.32 Å². The molecule has 3 nitrogen and oxygen atoms in total. The lowest BCUT2D eigenvalue weighted by molar-refractivity contribution is -0.381. The van der Waals surface area contributed by atoms with E-state index < -0.39 is 17.9 Å². The standard InChI is InChI=1S/C4H4F5NO2/c1-10-2(11)3(5,12-9)4(6,7)8/h1H3,(H,10,11). The SMILES string of the molecule is CNC(=O)C(F)(OF)C(F)(F)F. The van der Waals surface area contributed by atoms with Gasteiger partial charge in [-0.25, -0.2) is 0 Å². The molecule has 0 bridgehead atoms. The zero-order valence-electron chi connectivity index (χ0n) is 5.71. The molecule has 1 unspecified atom stereocenters. The van der Waals surface area contributed by atoms with Crippen LogP contribution >= 0.6 is 0 Å². The fraction of sp³-hybridized carbons (Fsp3) is 0.750. The molecule has 0 radical (unpaired) electrons. The van der Waals surface area contributed by atoms with Crippen LogP contribution in [0.3, 0.4) is 0 Å². The lowest BCUT2D eigenvalue weighted by Crippen LogP contribution is -2.53. The highest BCUT2D eigenvalue weighted by molar-refractivity contribution is 5.84. The van der Waals surface area contributed by atoms with Gasteiger partial charge >= 0.3 is 12.0 Å². The van der Waals surface area contributed by atoms with E-state index in [0.29, 0.717) is 7.05 Å². The summed E-state index contributed by atoms with van der Waals surface area (Å²) >= 11 is 0. The second-order valence-corrected chi connectivity index (χ2v) is 1.75. The Kier molecular flexibility index (Phi) is 2.97. The van der Waals surface area contributed by atoms with Gasteiger partial charge < -0.3 is 5.32 Å². The molecule has 1 atom stereocenters. The van der Waals surface area contributed by atoms with Crippen molar-refractivity contribution in [3.63, 3.8) is 0 Å². The van der Waals surface area contributed by atoms with Gasteiger partial charge in [-0.15, -0.1) is 4.94 Å². The van der Waals surface area contributed by atoms with Gasteiger partial charge in [0.1, 0.15) is 0 Å². The van der Waals surface area contributed by atoms with E-state index in [-0.39, 0.29) is 0 Å². The largest absolute Gasteiger partial charge is 0.461 e. The molecular weight excluding hydrogens is 189 g/mol. The van der Waals surface area contributed by atoms with E-state index in [1.807, 2.05) is 4.94 Å². The number of carbonyl (C=O) groups excluding carboxylic acids is 1. The Morgan fingerprint density at radius 3 is 1.83 bits per heavy atom. The lowest BCUT2D eigenvalue weighted by Gasteiger charge is -2.20. The minimum absolute atomic E-state index is 0.710. The molecule has 0 spiro atoms. The number of halogens is 5. The van der Waals surface area contributed by atoms with Gasteiger partial charge in [0.15, 0.2) is 0 Å². The average Bonchev–Trinajstić information content (AvgIpc) is 1.99. The quantitative estimate of drug-likeness (QED) is 0.660. The molecule has 0 saturated carbocycles. The van der Waals surface area contributed by atoms with E-state index >= 15 is 0 Å². The Morgan fingerprint density at radius 1 is 1.33 bits per heavy atom. The Morgan fingerprint density at radius 2 is 1.75 bits per heavy atom. The molecule has 0 heterocycles. The molecule has 0 aliphatic heterocycles. The van der Waals surface area contributed by atoms with Crippen LogP contribution in [0.1, 0.15) is 0 Å². The monoisotopic (exact) mass is 193 g/mol. The number of rotatable bonds is 2. The predicted molar refractivity (Wildman–Crippen MR) is 26.2 cm³/mol. The molecule has 72 valence electrons. The maximum Gasteiger partial charge on any atom is 0.461 e. The van der Waals surface area contributed by atoms with Crippen molar-refractivity contribution in [2.75, 3.05) is 7.05 Å². The fourth-order valence-corrected chi connectivity index (χ4v) is 0.368. The number of nitrogens with one attached hydrogen (secondary N) is 1. The van der Waals surface area contributed by atoms with Crippen LogP contribution in [0, 0.1) is 0 Å². The third-order valence-electron chi connectivity index (χ3n) is 0.990. The molecule has 0 aromatic heterocycles. The van der Waals surface area contributed by atoms with Gasteiger partial charge in [0.05, 0.1) is 0 Å². The minimum atomic E-state index is -5.75. The highest BCUT2D eigenvalue weighted by Gasteiger charge is 2.65. The van der Waals surface area contributed by atoms with E-state index in [2.05, 4.69) is 0 Å². The molecule has 0 aliphatic carbocycles. The molecule has 1 amide bonds. The van der Waals surface area contributed by atoms with E-state index in [9.17, 15) is 26.9 Å². The van der Waals surface area contributed by atoms with Crippen LogP contribution in [-0.4, -0.2) is 25.0 Å².